The number of nitrogens with two attached hydrogens (primary N) is 1. The summed E-state index contributed by atoms with van der Waals surface area (Å²) in [7, 11) is 0. The minimum Gasteiger partial charge on any atom is -0.368 e. The normalized spacial score (nSPS) is 11.9. The van der Waals surface area contributed by atoms with E-state index in [0.29, 0.717) is 18.4 Å². The molecule has 2 N–H and O–H groups in total. The molecule has 9 heteroatoms. The number of carbonyl (C=O) groups is 1. The van der Waals surface area contributed by atoms with Gasteiger partial charge in [0.15, 0.2) is 0 Å². The summed E-state index contributed by atoms with van der Waals surface area (Å²) in [6.45, 7) is 10.5. The van der Waals surface area contributed by atoms with Crippen molar-refractivity contribution in [1.82, 2.24) is 14.0 Å². The predicted molar refractivity (Wildman–Crippen MR) is 118 cm³/mol. The average Bonchev–Trinajstić information content (AvgIpc) is 2.56. The fourth-order valence-corrected chi connectivity index (χ4v) is 4.06. The molecule has 0 radical (unpaired) electrons. The number of benzene rings is 1. The number of hydrogen-bond acceptors (Lipinski definition) is 4. The van der Waals surface area contributed by atoms with Crippen LogP contribution >= 0.6 is 23.2 Å². The molecule has 2 aromatic rings. The monoisotopic (exact) mass is 442 g/mol. The number of carbonyl (C=O) groups excluding carboxylic acids is 1. The van der Waals surface area contributed by atoms with Crippen molar-refractivity contribution in [3.05, 3.63) is 43.0 Å². The third-order valence-electron chi connectivity index (χ3n) is 4.45. The van der Waals surface area contributed by atoms with Crippen LogP contribution in [0, 0.1) is 11.8 Å². The van der Waals surface area contributed by atoms with E-state index < -0.39 is 17.2 Å². The number of rotatable bonds is 9. The summed E-state index contributed by atoms with van der Waals surface area (Å²) >= 11 is 12.3. The molecule has 2 rings (SSSR count). The highest BCUT2D eigenvalue weighted by Gasteiger charge is 2.19. The van der Waals surface area contributed by atoms with Crippen LogP contribution in [0.2, 0.25) is 10.0 Å². The molecule has 1 amide bonds. The van der Waals surface area contributed by atoms with E-state index in [1.54, 1.807) is 0 Å². The Kier molecular flexibility index (Phi) is 7.91. The summed E-state index contributed by atoms with van der Waals surface area (Å²) in [5, 5.41) is 0.541. The summed E-state index contributed by atoms with van der Waals surface area (Å²) in [6, 6.07) is 2.89. The van der Waals surface area contributed by atoms with Crippen molar-refractivity contribution in [1.29, 1.82) is 0 Å². The smallest absolute Gasteiger partial charge is 0.332 e. The lowest BCUT2D eigenvalue weighted by atomic mass is 10.1. The first-order chi connectivity index (χ1) is 13.5. The summed E-state index contributed by atoms with van der Waals surface area (Å²) in [5.74, 6) is 0.200. The van der Waals surface area contributed by atoms with Gasteiger partial charge in [0.1, 0.15) is 6.54 Å². The van der Waals surface area contributed by atoms with E-state index in [-0.39, 0.29) is 34.0 Å². The minimum atomic E-state index is -0.698. The first kappa shape index (κ1) is 23.4. The summed E-state index contributed by atoms with van der Waals surface area (Å²) in [4.78, 5) is 39.9. The molecule has 0 unspecified atom stereocenters. The molecule has 0 atom stereocenters. The summed E-state index contributed by atoms with van der Waals surface area (Å²) < 4.78 is 2.28. The maximum atomic E-state index is 13.1. The van der Waals surface area contributed by atoms with Crippen LogP contribution in [0.4, 0.5) is 0 Å². The number of halogens is 2. The first-order valence-electron chi connectivity index (χ1n) is 9.64. The Morgan fingerprint density at radius 3 is 2.17 bits per heavy atom. The van der Waals surface area contributed by atoms with Crippen molar-refractivity contribution in [3.63, 3.8) is 0 Å². The fourth-order valence-electron chi connectivity index (χ4n) is 3.49. The highest BCUT2D eigenvalue weighted by Crippen LogP contribution is 2.24. The van der Waals surface area contributed by atoms with Gasteiger partial charge in [-0.05, 0) is 24.0 Å². The molecular formula is C20H28Cl2N4O3. The van der Waals surface area contributed by atoms with Gasteiger partial charge >= 0.3 is 5.69 Å². The largest absolute Gasteiger partial charge is 0.368 e. The van der Waals surface area contributed by atoms with Crippen molar-refractivity contribution in [2.24, 2.45) is 17.6 Å². The second-order valence-electron chi connectivity index (χ2n) is 8.12. The number of hydrogen-bond donors (Lipinski definition) is 1. The van der Waals surface area contributed by atoms with Crippen LogP contribution < -0.4 is 17.0 Å². The van der Waals surface area contributed by atoms with Gasteiger partial charge in [-0.15, -0.1) is 0 Å². The molecule has 0 aliphatic heterocycles. The van der Waals surface area contributed by atoms with Gasteiger partial charge in [0, 0.05) is 31.2 Å². The summed E-state index contributed by atoms with van der Waals surface area (Å²) in [5.41, 5.74) is 4.42. The van der Waals surface area contributed by atoms with E-state index in [9.17, 15) is 14.4 Å². The average molecular weight is 443 g/mol. The van der Waals surface area contributed by atoms with Gasteiger partial charge in [-0.2, -0.15) is 0 Å². The molecule has 0 saturated heterocycles. The Balaban J connectivity index is 2.57. The van der Waals surface area contributed by atoms with E-state index in [1.807, 2.05) is 0 Å². The van der Waals surface area contributed by atoms with Crippen LogP contribution in [0.15, 0.2) is 21.7 Å². The molecule has 29 heavy (non-hydrogen) atoms. The lowest BCUT2D eigenvalue weighted by molar-refractivity contribution is -0.118. The topological polar surface area (TPSA) is 90.3 Å². The molecular weight excluding hydrogens is 415 g/mol. The van der Waals surface area contributed by atoms with Gasteiger partial charge < -0.3 is 10.6 Å². The number of amides is 1. The Morgan fingerprint density at radius 1 is 1.07 bits per heavy atom. The second kappa shape index (κ2) is 9.78. The van der Waals surface area contributed by atoms with Gasteiger partial charge in [-0.3, -0.25) is 18.7 Å². The zero-order chi connectivity index (χ0) is 21.9. The number of nitrogens with zero attached hydrogens (tertiary/aromatic N) is 3. The van der Waals surface area contributed by atoms with Crippen molar-refractivity contribution < 1.29 is 4.79 Å². The minimum absolute atomic E-state index is 0.130. The van der Waals surface area contributed by atoms with Crippen molar-refractivity contribution in [2.75, 3.05) is 19.6 Å². The van der Waals surface area contributed by atoms with Crippen molar-refractivity contribution in [2.45, 2.75) is 40.8 Å². The van der Waals surface area contributed by atoms with Crippen LogP contribution in [0.1, 0.15) is 27.7 Å². The first-order valence-corrected chi connectivity index (χ1v) is 10.4. The zero-order valence-corrected chi connectivity index (χ0v) is 18.8. The van der Waals surface area contributed by atoms with E-state index in [0.717, 1.165) is 22.2 Å². The van der Waals surface area contributed by atoms with Gasteiger partial charge in [0.2, 0.25) is 5.91 Å². The van der Waals surface area contributed by atoms with E-state index in [1.165, 1.54) is 12.1 Å². The van der Waals surface area contributed by atoms with Crippen molar-refractivity contribution in [3.8, 4) is 0 Å². The molecule has 1 aromatic heterocycles. The third kappa shape index (κ3) is 5.84. The van der Waals surface area contributed by atoms with Crippen LogP contribution in [0.3, 0.4) is 0 Å². The van der Waals surface area contributed by atoms with Gasteiger partial charge in [0.05, 0.1) is 15.9 Å². The van der Waals surface area contributed by atoms with E-state index in [4.69, 9.17) is 28.9 Å². The number of aromatic nitrogens is 2. The molecule has 160 valence electrons. The van der Waals surface area contributed by atoms with Crippen LogP contribution in [0.25, 0.3) is 10.9 Å². The maximum Gasteiger partial charge on any atom is 0.332 e. The standard InChI is InChI=1S/C20H28Cl2N4O3/c1-12(2)9-24(10-13(3)4)5-6-25-19(28)18-15(22)7-14(21)8-16(18)26(20(25)29)11-17(23)27/h7-8,12-13H,5-6,9-11H2,1-4H3,(H2,23,27). The third-order valence-corrected chi connectivity index (χ3v) is 4.96. The molecule has 0 spiro atoms. The lowest BCUT2D eigenvalue weighted by Gasteiger charge is -2.26. The number of fused-ring (bicyclic) bond motifs is 1. The SMILES string of the molecule is CC(C)CN(CCn1c(=O)c2c(Cl)cc(Cl)cc2n(CC(N)=O)c1=O)CC(C)C. The molecule has 1 aromatic carbocycles. The second-order valence-corrected chi connectivity index (χ2v) is 8.96. The summed E-state index contributed by atoms with van der Waals surface area (Å²) in [6.07, 6.45) is 0. The Labute approximate surface area is 180 Å². The highest BCUT2D eigenvalue weighted by molar-refractivity contribution is 6.38. The Bertz CT molecular complexity index is 1000. The van der Waals surface area contributed by atoms with Crippen LogP contribution in [-0.4, -0.2) is 39.6 Å². The van der Waals surface area contributed by atoms with Crippen LogP contribution in [-0.2, 0) is 17.9 Å². The molecule has 0 fully saturated rings. The molecule has 0 aliphatic carbocycles. The van der Waals surface area contributed by atoms with Crippen molar-refractivity contribution >= 4 is 40.0 Å². The van der Waals surface area contributed by atoms with Gasteiger partial charge in [0.25, 0.3) is 5.56 Å². The van der Waals surface area contributed by atoms with E-state index in [2.05, 4.69) is 32.6 Å². The molecule has 0 bridgehead atoms. The fraction of sp³-hybridized carbons (Fsp3) is 0.550. The van der Waals surface area contributed by atoms with Gasteiger partial charge in [-0.25, -0.2) is 4.79 Å². The quantitative estimate of drug-likeness (QED) is 0.645. The predicted octanol–water partition coefficient (Wildman–Crippen LogP) is 2.57. The molecule has 1 heterocycles. The maximum absolute atomic E-state index is 13.1. The lowest BCUT2D eigenvalue weighted by Crippen LogP contribution is -2.44. The molecule has 0 aliphatic rings. The van der Waals surface area contributed by atoms with Gasteiger partial charge in [-0.1, -0.05) is 50.9 Å². The number of primary amides is 1. The Morgan fingerprint density at radius 2 is 1.66 bits per heavy atom. The zero-order valence-electron chi connectivity index (χ0n) is 17.2. The highest BCUT2D eigenvalue weighted by atomic mass is 35.5. The van der Waals surface area contributed by atoms with Crippen LogP contribution in [0.5, 0.6) is 0 Å². The molecule has 7 nitrogen and oxygen atoms in total. The Hall–Kier alpha value is -1.83. The molecule has 0 saturated carbocycles. The van der Waals surface area contributed by atoms with E-state index >= 15 is 0 Å².